The Morgan fingerprint density at radius 1 is 1.56 bits per heavy atom. The lowest BCUT2D eigenvalue weighted by Gasteiger charge is -2.12. The normalized spacial score (nSPS) is 16.5. The van der Waals surface area contributed by atoms with Crippen molar-refractivity contribution in [3.63, 3.8) is 0 Å². The first kappa shape index (κ1) is 10.5. The Morgan fingerprint density at radius 2 is 2.31 bits per heavy atom. The molecule has 0 spiro atoms. The van der Waals surface area contributed by atoms with Gasteiger partial charge in [0.25, 0.3) is 0 Å². The standard InChI is InChI=1S/C9H11N3O4/c13-7(14)9(2-3-9)12-8(15)10-5-6-1-4-11-16-6/h1,4H,2-3,5H2,(H,13,14)(H2,10,12,15). The van der Waals surface area contributed by atoms with Crippen LogP contribution in [0.3, 0.4) is 0 Å². The summed E-state index contributed by atoms with van der Waals surface area (Å²) in [6, 6.07) is 1.10. The van der Waals surface area contributed by atoms with Gasteiger partial charge in [0.05, 0.1) is 12.7 Å². The summed E-state index contributed by atoms with van der Waals surface area (Å²) in [5, 5.41) is 17.2. The van der Waals surface area contributed by atoms with E-state index in [-0.39, 0.29) is 6.54 Å². The zero-order chi connectivity index (χ0) is 11.6. The van der Waals surface area contributed by atoms with E-state index in [1.165, 1.54) is 6.20 Å². The van der Waals surface area contributed by atoms with Gasteiger partial charge >= 0.3 is 12.0 Å². The number of rotatable bonds is 4. The van der Waals surface area contributed by atoms with Crippen LogP contribution in [0, 0.1) is 0 Å². The molecule has 3 N–H and O–H groups in total. The number of aliphatic carboxylic acids is 1. The van der Waals surface area contributed by atoms with Gasteiger partial charge in [-0.15, -0.1) is 0 Å². The summed E-state index contributed by atoms with van der Waals surface area (Å²) in [6.45, 7) is 0.182. The van der Waals surface area contributed by atoms with E-state index < -0.39 is 17.5 Å². The van der Waals surface area contributed by atoms with Gasteiger partial charge in [0.15, 0.2) is 5.76 Å². The van der Waals surface area contributed by atoms with Crippen LogP contribution in [0.25, 0.3) is 0 Å². The van der Waals surface area contributed by atoms with Gasteiger partial charge in [-0.3, -0.25) is 0 Å². The second-order valence-corrected chi connectivity index (χ2v) is 3.67. The quantitative estimate of drug-likeness (QED) is 0.673. The molecule has 1 saturated carbocycles. The summed E-state index contributed by atoms with van der Waals surface area (Å²) in [4.78, 5) is 22.1. The van der Waals surface area contributed by atoms with Crippen molar-refractivity contribution in [3.05, 3.63) is 18.0 Å². The number of carboxylic acids is 1. The molecule has 0 radical (unpaired) electrons. The van der Waals surface area contributed by atoms with E-state index in [4.69, 9.17) is 9.63 Å². The third kappa shape index (κ3) is 2.13. The van der Waals surface area contributed by atoms with Crippen LogP contribution in [0.5, 0.6) is 0 Å². The van der Waals surface area contributed by atoms with Crippen molar-refractivity contribution in [2.24, 2.45) is 0 Å². The molecule has 1 fully saturated rings. The molecule has 0 aromatic carbocycles. The Morgan fingerprint density at radius 3 is 2.81 bits per heavy atom. The van der Waals surface area contributed by atoms with Crippen LogP contribution in [0.4, 0.5) is 4.79 Å². The highest BCUT2D eigenvalue weighted by Gasteiger charge is 2.51. The van der Waals surface area contributed by atoms with Crippen molar-refractivity contribution in [2.75, 3.05) is 0 Å². The first-order valence-electron chi connectivity index (χ1n) is 4.81. The smallest absolute Gasteiger partial charge is 0.329 e. The summed E-state index contributed by atoms with van der Waals surface area (Å²) >= 11 is 0. The second-order valence-electron chi connectivity index (χ2n) is 3.67. The highest BCUT2D eigenvalue weighted by molar-refractivity contribution is 5.88. The number of hydrogen-bond acceptors (Lipinski definition) is 4. The third-order valence-corrected chi connectivity index (χ3v) is 2.43. The summed E-state index contributed by atoms with van der Waals surface area (Å²) < 4.78 is 4.77. The molecule has 2 amide bonds. The first-order valence-corrected chi connectivity index (χ1v) is 4.81. The zero-order valence-electron chi connectivity index (χ0n) is 8.40. The van der Waals surface area contributed by atoms with Gasteiger partial charge in [-0.05, 0) is 12.8 Å². The van der Waals surface area contributed by atoms with Crippen molar-refractivity contribution >= 4 is 12.0 Å². The molecule has 0 bridgehead atoms. The van der Waals surface area contributed by atoms with Crippen LogP contribution in [0.1, 0.15) is 18.6 Å². The SMILES string of the molecule is O=C(NCc1ccno1)NC1(C(=O)O)CC1. The number of urea groups is 1. The lowest BCUT2D eigenvalue weighted by molar-refractivity contribution is -0.140. The van der Waals surface area contributed by atoms with E-state index in [1.807, 2.05) is 0 Å². The van der Waals surface area contributed by atoms with Crippen LogP contribution in [-0.2, 0) is 11.3 Å². The van der Waals surface area contributed by atoms with E-state index in [0.717, 1.165) is 0 Å². The van der Waals surface area contributed by atoms with Crippen molar-refractivity contribution in [3.8, 4) is 0 Å². The minimum absolute atomic E-state index is 0.182. The number of nitrogens with one attached hydrogen (secondary N) is 2. The van der Waals surface area contributed by atoms with Gasteiger partial charge < -0.3 is 20.3 Å². The fourth-order valence-corrected chi connectivity index (χ4v) is 1.28. The summed E-state index contributed by atoms with van der Waals surface area (Å²) in [5.74, 6) is -0.488. The van der Waals surface area contributed by atoms with E-state index in [1.54, 1.807) is 6.07 Å². The van der Waals surface area contributed by atoms with Crippen LogP contribution in [-0.4, -0.2) is 27.8 Å². The van der Waals surface area contributed by atoms with Gasteiger partial charge in [-0.25, -0.2) is 9.59 Å². The van der Waals surface area contributed by atoms with E-state index in [9.17, 15) is 9.59 Å². The summed E-state index contributed by atoms with van der Waals surface area (Å²) in [7, 11) is 0. The van der Waals surface area contributed by atoms with Crippen LogP contribution in [0.15, 0.2) is 16.8 Å². The average molecular weight is 225 g/mol. The van der Waals surface area contributed by atoms with Crippen molar-refractivity contribution in [2.45, 2.75) is 24.9 Å². The molecule has 0 unspecified atom stereocenters. The molecule has 0 saturated heterocycles. The van der Waals surface area contributed by atoms with Crippen molar-refractivity contribution in [1.82, 2.24) is 15.8 Å². The Bertz CT molecular complexity index is 397. The van der Waals surface area contributed by atoms with E-state index in [2.05, 4.69) is 15.8 Å². The minimum atomic E-state index is -1.06. The third-order valence-electron chi connectivity index (χ3n) is 2.43. The van der Waals surface area contributed by atoms with Gasteiger partial charge in [0, 0.05) is 6.07 Å². The van der Waals surface area contributed by atoms with Gasteiger partial charge in [-0.1, -0.05) is 5.16 Å². The highest BCUT2D eigenvalue weighted by atomic mass is 16.5. The van der Waals surface area contributed by atoms with E-state index in [0.29, 0.717) is 18.6 Å². The maximum absolute atomic E-state index is 11.4. The number of carbonyl (C=O) groups is 2. The van der Waals surface area contributed by atoms with Crippen LogP contribution in [0.2, 0.25) is 0 Å². The van der Waals surface area contributed by atoms with Crippen molar-refractivity contribution < 1.29 is 19.2 Å². The Hall–Kier alpha value is -2.05. The molecule has 1 heterocycles. The molecule has 0 atom stereocenters. The summed E-state index contributed by atoms with van der Waals surface area (Å²) in [5.41, 5.74) is -1.06. The molecule has 7 nitrogen and oxygen atoms in total. The highest BCUT2D eigenvalue weighted by Crippen LogP contribution is 2.35. The molecule has 7 heteroatoms. The minimum Gasteiger partial charge on any atom is -0.480 e. The molecule has 1 aromatic rings. The van der Waals surface area contributed by atoms with Crippen LogP contribution < -0.4 is 10.6 Å². The monoisotopic (exact) mass is 225 g/mol. The molecular formula is C9H11N3O4. The van der Waals surface area contributed by atoms with E-state index >= 15 is 0 Å². The molecule has 1 aliphatic rings. The van der Waals surface area contributed by atoms with Crippen LogP contribution >= 0.6 is 0 Å². The largest absolute Gasteiger partial charge is 0.480 e. The lowest BCUT2D eigenvalue weighted by Crippen LogP contribution is -2.47. The molecule has 16 heavy (non-hydrogen) atoms. The zero-order valence-corrected chi connectivity index (χ0v) is 8.40. The molecule has 1 aromatic heterocycles. The number of aromatic nitrogens is 1. The van der Waals surface area contributed by atoms with Gasteiger partial charge in [-0.2, -0.15) is 0 Å². The maximum Gasteiger partial charge on any atom is 0.329 e. The first-order chi connectivity index (χ1) is 7.62. The predicted octanol–water partition coefficient (Wildman–Crippen LogP) is 0.0910. The average Bonchev–Trinajstić information content (AvgIpc) is 2.84. The van der Waals surface area contributed by atoms with Crippen molar-refractivity contribution in [1.29, 1.82) is 0 Å². The molecule has 2 rings (SSSR count). The molecular weight excluding hydrogens is 214 g/mol. The number of carbonyl (C=O) groups excluding carboxylic acids is 1. The fourth-order valence-electron chi connectivity index (χ4n) is 1.28. The van der Waals surface area contributed by atoms with Gasteiger partial charge in [0.1, 0.15) is 5.54 Å². The molecule has 0 aliphatic heterocycles. The summed E-state index contributed by atoms with van der Waals surface area (Å²) in [6.07, 6.45) is 2.41. The molecule has 1 aliphatic carbocycles. The number of hydrogen-bond donors (Lipinski definition) is 3. The Balaban J connectivity index is 1.79. The lowest BCUT2D eigenvalue weighted by atomic mass is 10.3. The Kier molecular flexibility index (Phi) is 2.51. The Labute approximate surface area is 90.8 Å². The second kappa shape index (κ2) is 3.84. The maximum atomic E-state index is 11.4. The fraction of sp³-hybridized carbons (Fsp3) is 0.444. The number of carboxylic acid groups (broad SMARTS) is 1. The number of amides is 2. The molecule has 86 valence electrons. The van der Waals surface area contributed by atoms with Gasteiger partial charge in [0.2, 0.25) is 0 Å². The number of nitrogens with zero attached hydrogens (tertiary/aromatic N) is 1. The predicted molar refractivity (Wildman–Crippen MR) is 51.5 cm³/mol. The topological polar surface area (TPSA) is 104 Å².